The Bertz CT molecular complexity index is 2070. The molecule has 3 aliphatic heterocycles. The van der Waals surface area contributed by atoms with Gasteiger partial charge >= 0.3 is 0 Å². The first-order valence-electron chi connectivity index (χ1n) is 18.2. The van der Waals surface area contributed by atoms with Crippen LogP contribution in [0.25, 0.3) is 11.0 Å². The second-order valence-corrected chi connectivity index (χ2v) is 14.4. The largest absolute Gasteiger partial charge is 0.494 e. The summed E-state index contributed by atoms with van der Waals surface area (Å²) in [6.07, 6.45) is 10.6. The number of amides is 6. The highest BCUT2D eigenvalue weighted by Crippen LogP contribution is 2.36. The number of allylic oxidation sites excluding steroid dienone is 1. The highest BCUT2D eigenvalue weighted by molar-refractivity contribution is 6.23. The van der Waals surface area contributed by atoms with Gasteiger partial charge in [0.25, 0.3) is 17.7 Å². The molecule has 1 aromatic heterocycles. The number of anilines is 1. The second kappa shape index (κ2) is 14.8. The molecule has 7 rings (SSSR count). The smallest absolute Gasteiger partial charge is 0.262 e. The van der Waals surface area contributed by atoms with Gasteiger partial charge in [-0.05, 0) is 88.4 Å². The maximum atomic E-state index is 13.2. The predicted octanol–water partition coefficient (Wildman–Crippen LogP) is 3.88. The van der Waals surface area contributed by atoms with Crippen LogP contribution in [0.15, 0.2) is 60.2 Å². The van der Waals surface area contributed by atoms with E-state index >= 15 is 0 Å². The fourth-order valence-electron chi connectivity index (χ4n) is 7.62. The Hall–Kier alpha value is -5.63. The lowest BCUT2D eigenvalue weighted by atomic mass is 9.75. The summed E-state index contributed by atoms with van der Waals surface area (Å²) in [5.74, 6) is -1.67. The molecule has 6 amide bonds. The number of carbonyl (C=O) groups excluding carboxylic acids is 6. The van der Waals surface area contributed by atoms with Crippen LogP contribution in [0.5, 0.6) is 5.75 Å². The van der Waals surface area contributed by atoms with Gasteiger partial charge in [0.15, 0.2) is 0 Å². The molecule has 0 bridgehead atoms. The number of imidazole rings is 1. The minimum Gasteiger partial charge on any atom is -0.494 e. The quantitative estimate of drug-likeness (QED) is 0.150. The van der Waals surface area contributed by atoms with Crippen LogP contribution < -0.4 is 21.1 Å². The van der Waals surface area contributed by atoms with Gasteiger partial charge in [-0.25, -0.2) is 4.98 Å². The molecule has 0 radical (unpaired) electrons. The molecule has 14 nitrogen and oxygen atoms in total. The van der Waals surface area contributed by atoms with Crippen molar-refractivity contribution in [2.24, 2.45) is 11.1 Å². The summed E-state index contributed by atoms with van der Waals surface area (Å²) >= 11 is 0. The maximum Gasteiger partial charge on any atom is 0.262 e. The minimum atomic E-state index is -1.03. The van der Waals surface area contributed by atoms with Gasteiger partial charge in [0.2, 0.25) is 17.7 Å². The van der Waals surface area contributed by atoms with E-state index in [4.69, 9.17) is 15.5 Å². The monoisotopic (exact) mass is 721 g/mol. The Kier molecular flexibility index (Phi) is 9.97. The van der Waals surface area contributed by atoms with Crippen molar-refractivity contribution in [3.05, 3.63) is 77.2 Å². The number of aromatic amines is 1. The third-order valence-corrected chi connectivity index (χ3v) is 10.8. The van der Waals surface area contributed by atoms with Gasteiger partial charge < -0.3 is 20.8 Å². The number of benzene rings is 2. The van der Waals surface area contributed by atoms with E-state index in [9.17, 15) is 28.8 Å². The number of carbonyl (C=O) groups is 6. The zero-order chi connectivity index (χ0) is 37.3. The number of likely N-dealkylation sites (tertiary alicyclic amines) is 1. The van der Waals surface area contributed by atoms with Gasteiger partial charge in [-0.15, -0.1) is 0 Å². The summed E-state index contributed by atoms with van der Waals surface area (Å²) in [6.45, 7) is 4.41. The number of hydrogen-bond acceptors (Lipinski definition) is 9. The Labute approximate surface area is 306 Å². The molecule has 2 saturated heterocycles. The number of nitrogens with zero attached hydrogens (tertiary/aromatic N) is 3. The van der Waals surface area contributed by atoms with Crippen molar-refractivity contribution >= 4 is 52.2 Å². The van der Waals surface area contributed by atoms with Gasteiger partial charge in [-0.3, -0.25) is 43.9 Å². The van der Waals surface area contributed by atoms with Gasteiger partial charge in [-0.2, -0.15) is 0 Å². The summed E-state index contributed by atoms with van der Waals surface area (Å²) in [5.41, 5.74) is 8.09. The number of hydrogen-bond donors (Lipinski definition) is 4. The molecule has 0 saturated carbocycles. The highest BCUT2D eigenvalue weighted by Gasteiger charge is 2.44. The number of aromatic nitrogens is 2. The van der Waals surface area contributed by atoms with Crippen LogP contribution in [0.4, 0.5) is 5.69 Å². The van der Waals surface area contributed by atoms with E-state index in [-0.39, 0.29) is 29.9 Å². The van der Waals surface area contributed by atoms with E-state index < -0.39 is 41.0 Å². The van der Waals surface area contributed by atoms with Gasteiger partial charge in [0, 0.05) is 23.7 Å². The van der Waals surface area contributed by atoms with Crippen LogP contribution in [0.3, 0.4) is 0 Å². The van der Waals surface area contributed by atoms with E-state index in [0.717, 1.165) is 41.3 Å². The first kappa shape index (κ1) is 35.8. The Morgan fingerprint density at radius 3 is 2.60 bits per heavy atom. The van der Waals surface area contributed by atoms with E-state index in [1.165, 1.54) is 25.0 Å². The van der Waals surface area contributed by atoms with Crippen molar-refractivity contribution in [2.75, 3.05) is 18.5 Å². The molecule has 4 heterocycles. The second-order valence-electron chi connectivity index (χ2n) is 14.4. The summed E-state index contributed by atoms with van der Waals surface area (Å²) in [6, 6.07) is 9.73. The fraction of sp³-hybridized carbons (Fsp3) is 0.410. The average Bonchev–Trinajstić information content (AvgIpc) is 3.81. The van der Waals surface area contributed by atoms with E-state index in [0.29, 0.717) is 55.3 Å². The molecule has 14 heteroatoms. The molecular weight excluding hydrogens is 678 g/mol. The molecule has 2 unspecified atom stereocenters. The molecule has 4 aliphatic rings. The van der Waals surface area contributed by atoms with Gasteiger partial charge in [0.1, 0.15) is 17.6 Å². The Morgan fingerprint density at radius 1 is 1.04 bits per heavy atom. The number of unbranched alkanes of at least 4 members (excludes halogenated alkanes) is 2. The molecule has 3 atom stereocenters. The zero-order valence-electron chi connectivity index (χ0n) is 29.6. The molecule has 53 heavy (non-hydrogen) atoms. The van der Waals surface area contributed by atoms with E-state index in [1.807, 2.05) is 18.2 Å². The Morgan fingerprint density at radius 2 is 1.87 bits per heavy atom. The van der Waals surface area contributed by atoms with Crippen molar-refractivity contribution in [3.63, 3.8) is 0 Å². The normalized spacial score (nSPS) is 23.0. The van der Waals surface area contributed by atoms with E-state index in [2.05, 4.69) is 27.4 Å². The van der Waals surface area contributed by atoms with Crippen molar-refractivity contribution in [1.29, 1.82) is 0 Å². The van der Waals surface area contributed by atoms with Crippen LogP contribution >= 0.6 is 0 Å². The molecule has 0 spiro atoms. The van der Waals surface area contributed by atoms with Crippen LogP contribution in [-0.4, -0.2) is 80.4 Å². The number of fused-ring (bicyclic) bond motifs is 2. The highest BCUT2D eigenvalue weighted by atomic mass is 16.5. The SMILES string of the molecule is C[C@H]1CCCN1Cc1nc2cc(NC(=O)C3=CCC(CCCCCOc4ccc5c(c4)C(=O)N(C4CCC(=O)NC4=O)C5=O)(C(N)=O)C=C3)ccc2[nH]1. The lowest BCUT2D eigenvalue weighted by Crippen LogP contribution is -2.54. The lowest BCUT2D eigenvalue weighted by Gasteiger charge is -2.29. The minimum absolute atomic E-state index is 0.0499. The third-order valence-electron chi connectivity index (χ3n) is 10.8. The molecule has 276 valence electrons. The van der Waals surface area contributed by atoms with Gasteiger partial charge in [0.05, 0.1) is 40.7 Å². The molecule has 2 fully saturated rings. The number of ether oxygens (including phenoxy) is 1. The summed E-state index contributed by atoms with van der Waals surface area (Å²) in [5, 5.41) is 5.14. The number of nitrogens with two attached hydrogens (primary N) is 1. The number of primary amides is 1. The Balaban J connectivity index is 0.870. The maximum absolute atomic E-state index is 13.2. The number of H-pyrrole nitrogens is 1. The first-order valence-corrected chi connectivity index (χ1v) is 18.2. The molecule has 5 N–H and O–H groups in total. The van der Waals surface area contributed by atoms with Gasteiger partial charge in [-0.1, -0.05) is 31.1 Å². The average molecular weight is 722 g/mol. The summed E-state index contributed by atoms with van der Waals surface area (Å²) < 4.78 is 5.87. The van der Waals surface area contributed by atoms with Crippen molar-refractivity contribution in [2.45, 2.75) is 83.3 Å². The molecule has 2 aromatic carbocycles. The van der Waals surface area contributed by atoms with Crippen LogP contribution in [0.2, 0.25) is 0 Å². The molecular formula is C39H43N7O7. The van der Waals surface area contributed by atoms with Crippen molar-refractivity contribution in [3.8, 4) is 5.75 Å². The first-order chi connectivity index (χ1) is 25.5. The number of imide groups is 2. The zero-order valence-corrected chi connectivity index (χ0v) is 29.6. The van der Waals surface area contributed by atoms with E-state index in [1.54, 1.807) is 24.3 Å². The standard InChI is InChI=1S/C39H43N7O7/c1-23-6-5-18-45(23)22-32-42-29-10-7-25(20-30(29)43-32)41-34(48)24-13-16-39(17-14-24,38(40)52)15-3-2-4-19-53-26-8-9-27-28(21-26)37(51)46(36(27)50)31-11-12-33(47)44-35(31)49/h7-10,13-14,16,20-21,23,31H,2-6,11-12,15,17-19,22H2,1H3,(H2,40,52)(H,41,48)(H,42,43)(H,44,47,49)/t23-,31?,39?/m0/s1. The molecule has 3 aromatic rings. The third kappa shape index (κ3) is 7.36. The van der Waals surface area contributed by atoms with Crippen LogP contribution in [0.1, 0.15) is 91.3 Å². The lowest BCUT2D eigenvalue weighted by molar-refractivity contribution is -0.136. The van der Waals surface area contributed by atoms with Crippen LogP contribution in [-0.2, 0) is 25.7 Å². The number of rotatable bonds is 13. The van der Waals surface area contributed by atoms with Crippen molar-refractivity contribution < 1.29 is 33.5 Å². The number of piperidine rings is 1. The topological polar surface area (TPSA) is 197 Å². The fourth-order valence-corrected chi connectivity index (χ4v) is 7.62. The predicted molar refractivity (Wildman–Crippen MR) is 194 cm³/mol. The molecule has 1 aliphatic carbocycles. The number of nitrogens with one attached hydrogen (secondary N) is 3. The van der Waals surface area contributed by atoms with Crippen LogP contribution in [0, 0.1) is 5.41 Å². The van der Waals surface area contributed by atoms with Crippen molar-refractivity contribution in [1.82, 2.24) is 25.1 Å². The summed E-state index contributed by atoms with van der Waals surface area (Å²) in [4.78, 5) is 87.1. The summed E-state index contributed by atoms with van der Waals surface area (Å²) in [7, 11) is 0.